The number of nitrogens with one attached hydrogen (secondary N) is 1. The van der Waals surface area contributed by atoms with Crippen LogP contribution in [0.1, 0.15) is 20.2 Å². The molecule has 0 spiro atoms. The van der Waals surface area contributed by atoms with Crippen LogP contribution < -0.4 is 10.1 Å². The SMILES string of the molecule is COc1ccc(Cc2nnc(NC(=O)c3sc4ccccc4c3Cl)s2)cc1. The first-order chi connectivity index (χ1) is 13.1. The number of thiophene rings is 1. The quantitative estimate of drug-likeness (QED) is 0.483. The van der Waals surface area contributed by atoms with Gasteiger partial charge in [0.05, 0.1) is 12.1 Å². The Bertz CT molecular complexity index is 1110. The zero-order valence-corrected chi connectivity index (χ0v) is 16.6. The Morgan fingerprint density at radius 3 is 2.63 bits per heavy atom. The highest BCUT2D eigenvalue weighted by atomic mass is 35.5. The van der Waals surface area contributed by atoms with E-state index in [1.54, 1.807) is 7.11 Å². The van der Waals surface area contributed by atoms with Crippen molar-refractivity contribution in [1.29, 1.82) is 0 Å². The summed E-state index contributed by atoms with van der Waals surface area (Å²) in [5.41, 5.74) is 1.09. The second-order valence-electron chi connectivity index (χ2n) is 5.72. The lowest BCUT2D eigenvalue weighted by molar-refractivity contribution is 0.103. The highest BCUT2D eigenvalue weighted by Crippen LogP contribution is 2.35. The van der Waals surface area contributed by atoms with Crippen LogP contribution in [0.15, 0.2) is 48.5 Å². The van der Waals surface area contributed by atoms with Gasteiger partial charge in [-0.2, -0.15) is 0 Å². The van der Waals surface area contributed by atoms with E-state index in [1.165, 1.54) is 22.7 Å². The average molecular weight is 416 g/mol. The summed E-state index contributed by atoms with van der Waals surface area (Å²) in [5, 5.41) is 13.6. The van der Waals surface area contributed by atoms with E-state index in [-0.39, 0.29) is 5.91 Å². The molecule has 27 heavy (non-hydrogen) atoms. The number of aromatic nitrogens is 2. The maximum atomic E-state index is 12.6. The highest BCUT2D eigenvalue weighted by Gasteiger charge is 2.18. The predicted octanol–water partition coefficient (Wildman–Crippen LogP) is 5.26. The number of carbonyl (C=O) groups is 1. The van der Waals surface area contributed by atoms with Gasteiger partial charge in [0.25, 0.3) is 5.91 Å². The summed E-state index contributed by atoms with van der Waals surface area (Å²) in [6, 6.07) is 15.4. The summed E-state index contributed by atoms with van der Waals surface area (Å²) < 4.78 is 6.14. The molecule has 0 radical (unpaired) electrons. The molecule has 0 unspecified atom stereocenters. The number of halogens is 1. The van der Waals surface area contributed by atoms with Crippen molar-refractivity contribution in [3.63, 3.8) is 0 Å². The van der Waals surface area contributed by atoms with Crippen LogP contribution in [0, 0.1) is 0 Å². The number of nitrogens with zero attached hydrogens (tertiary/aromatic N) is 2. The molecule has 8 heteroatoms. The summed E-state index contributed by atoms with van der Waals surface area (Å²) in [6.45, 7) is 0. The maximum absolute atomic E-state index is 12.6. The third kappa shape index (κ3) is 3.80. The third-order valence-corrected chi connectivity index (χ3v) is 6.46. The summed E-state index contributed by atoms with van der Waals surface area (Å²) in [5.74, 6) is 0.539. The van der Waals surface area contributed by atoms with Crippen LogP contribution in [0.3, 0.4) is 0 Å². The zero-order valence-electron chi connectivity index (χ0n) is 14.2. The van der Waals surface area contributed by atoms with Crippen LogP contribution in [0.25, 0.3) is 10.1 Å². The topological polar surface area (TPSA) is 64.1 Å². The van der Waals surface area contributed by atoms with E-state index in [0.717, 1.165) is 26.4 Å². The van der Waals surface area contributed by atoms with Crippen molar-refractivity contribution in [3.05, 3.63) is 69.0 Å². The number of rotatable bonds is 5. The maximum Gasteiger partial charge on any atom is 0.269 e. The van der Waals surface area contributed by atoms with Crippen molar-refractivity contribution in [2.45, 2.75) is 6.42 Å². The van der Waals surface area contributed by atoms with Crippen molar-refractivity contribution in [2.75, 3.05) is 12.4 Å². The average Bonchev–Trinajstić information content (AvgIpc) is 3.27. The number of amides is 1. The Morgan fingerprint density at radius 1 is 1.11 bits per heavy atom. The molecule has 4 rings (SSSR count). The Hall–Kier alpha value is -2.48. The van der Waals surface area contributed by atoms with Gasteiger partial charge in [-0.1, -0.05) is 53.3 Å². The molecule has 0 bridgehead atoms. The minimum Gasteiger partial charge on any atom is -0.497 e. The molecular weight excluding hydrogens is 402 g/mol. The molecule has 1 N–H and O–H groups in total. The van der Waals surface area contributed by atoms with Crippen LogP contribution in [0.2, 0.25) is 5.02 Å². The molecule has 2 aromatic carbocycles. The Kier molecular flexibility index (Phi) is 5.07. The van der Waals surface area contributed by atoms with Gasteiger partial charge in [0.1, 0.15) is 15.6 Å². The number of anilines is 1. The fourth-order valence-corrected chi connectivity index (χ4v) is 4.79. The van der Waals surface area contributed by atoms with E-state index >= 15 is 0 Å². The second kappa shape index (κ2) is 7.64. The lowest BCUT2D eigenvalue weighted by Gasteiger charge is -2.01. The van der Waals surface area contributed by atoms with Gasteiger partial charge in [-0.15, -0.1) is 21.5 Å². The first-order valence-corrected chi connectivity index (χ1v) is 10.1. The number of methoxy groups -OCH3 is 1. The number of fused-ring (bicyclic) bond motifs is 1. The van der Waals surface area contributed by atoms with Crippen LogP contribution in [0.4, 0.5) is 5.13 Å². The largest absolute Gasteiger partial charge is 0.497 e. The summed E-state index contributed by atoms with van der Waals surface area (Å²) in [7, 11) is 1.64. The molecule has 0 atom stereocenters. The molecule has 2 aromatic heterocycles. The van der Waals surface area contributed by atoms with E-state index in [4.69, 9.17) is 16.3 Å². The standard InChI is InChI=1S/C19H14ClN3O2S2/c1-25-12-8-6-11(7-9-12)10-15-22-23-19(27-15)21-18(24)17-16(20)13-4-2-3-5-14(13)26-17/h2-9H,10H2,1H3,(H,21,23,24). The molecule has 136 valence electrons. The molecule has 0 aliphatic heterocycles. The van der Waals surface area contributed by atoms with Crippen molar-refractivity contribution in [3.8, 4) is 5.75 Å². The molecule has 2 heterocycles. The zero-order chi connectivity index (χ0) is 18.8. The fourth-order valence-electron chi connectivity index (χ4n) is 2.61. The van der Waals surface area contributed by atoms with Crippen molar-refractivity contribution >= 4 is 55.4 Å². The normalized spacial score (nSPS) is 10.9. The van der Waals surface area contributed by atoms with E-state index in [2.05, 4.69) is 15.5 Å². The molecule has 0 aliphatic rings. The second-order valence-corrected chi connectivity index (χ2v) is 8.21. The monoisotopic (exact) mass is 415 g/mol. The number of hydrogen-bond donors (Lipinski definition) is 1. The van der Waals surface area contributed by atoms with Gasteiger partial charge in [-0.3, -0.25) is 10.1 Å². The van der Waals surface area contributed by atoms with E-state index in [9.17, 15) is 4.79 Å². The predicted molar refractivity (Wildman–Crippen MR) is 110 cm³/mol. The molecule has 4 aromatic rings. The van der Waals surface area contributed by atoms with E-state index < -0.39 is 0 Å². The molecule has 0 fully saturated rings. The smallest absolute Gasteiger partial charge is 0.269 e. The Labute approximate surface area is 168 Å². The molecule has 0 saturated carbocycles. The van der Waals surface area contributed by atoms with E-state index in [0.29, 0.717) is 21.5 Å². The number of hydrogen-bond acceptors (Lipinski definition) is 6. The first-order valence-electron chi connectivity index (χ1n) is 8.08. The van der Waals surface area contributed by atoms with Crippen LogP contribution in [-0.4, -0.2) is 23.2 Å². The van der Waals surface area contributed by atoms with Gasteiger partial charge >= 0.3 is 0 Å². The summed E-state index contributed by atoms with van der Waals surface area (Å²) >= 11 is 9.08. The van der Waals surface area contributed by atoms with Gasteiger partial charge in [-0.25, -0.2) is 0 Å². The number of ether oxygens (including phenoxy) is 1. The highest BCUT2D eigenvalue weighted by molar-refractivity contribution is 7.22. The van der Waals surface area contributed by atoms with Gasteiger partial charge in [0, 0.05) is 16.5 Å². The Morgan fingerprint density at radius 2 is 1.89 bits per heavy atom. The van der Waals surface area contributed by atoms with Gasteiger partial charge < -0.3 is 4.74 Å². The van der Waals surface area contributed by atoms with Gasteiger partial charge in [0.2, 0.25) is 5.13 Å². The molecule has 0 aliphatic carbocycles. The third-order valence-electron chi connectivity index (χ3n) is 3.94. The van der Waals surface area contributed by atoms with Crippen molar-refractivity contribution in [2.24, 2.45) is 0 Å². The van der Waals surface area contributed by atoms with Crippen LogP contribution >= 0.6 is 34.3 Å². The summed E-state index contributed by atoms with van der Waals surface area (Å²) in [4.78, 5) is 13.1. The molecule has 0 saturated heterocycles. The van der Waals surface area contributed by atoms with Crippen molar-refractivity contribution in [1.82, 2.24) is 10.2 Å². The summed E-state index contributed by atoms with van der Waals surface area (Å²) in [6.07, 6.45) is 0.640. The minimum absolute atomic E-state index is 0.270. The van der Waals surface area contributed by atoms with Crippen molar-refractivity contribution < 1.29 is 9.53 Å². The molecular formula is C19H14ClN3O2S2. The number of carbonyl (C=O) groups excluding carboxylic acids is 1. The lowest BCUT2D eigenvalue weighted by atomic mass is 10.1. The molecule has 5 nitrogen and oxygen atoms in total. The first kappa shape index (κ1) is 17.9. The van der Waals surface area contributed by atoms with Gasteiger partial charge in [-0.05, 0) is 23.8 Å². The fraction of sp³-hybridized carbons (Fsp3) is 0.105. The van der Waals surface area contributed by atoms with Crippen LogP contribution in [-0.2, 0) is 6.42 Å². The Balaban J connectivity index is 1.48. The van der Waals surface area contributed by atoms with E-state index in [1.807, 2.05) is 48.5 Å². The number of benzene rings is 2. The minimum atomic E-state index is -0.270. The van der Waals surface area contributed by atoms with Gasteiger partial charge in [0.15, 0.2) is 0 Å². The molecule has 1 amide bonds. The van der Waals surface area contributed by atoms with Crippen LogP contribution in [0.5, 0.6) is 5.75 Å². The lowest BCUT2D eigenvalue weighted by Crippen LogP contribution is -2.10.